The van der Waals surface area contributed by atoms with Crippen LogP contribution in [-0.2, 0) is 6.54 Å². The summed E-state index contributed by atoms with van der Waals surface area (Å²) in [6.07, 6.45) is 4.22. The van der Waals surface area contributed by atoms with Crippen molar-refractivity contribution >= 4 is 5.97 Å². The van der Waals surface area contributed by atoms with E-state index in [-0.39, 0.29) is 17.8 Å². The lowest BCUT2D eigenvalue weighted by Crippen LogP contribution is -2.19. The monoisotopic (exact) mass is 231 g/mol. The largest absolute Gasteiger partial charge is 0.477 e. The van der Waals surface area contributed by atoms with Gasteiger partial charge in [-0.15, -0.1) is 0 Å². The molecule has 6 nitrogen and oxygen atoms in total. The standard InChI is InChI=1S/C11H9N3O3/c15-10-2-3-12-7-14(10)6-8-1-4-13-9(5-8)11(16)17/h1-5,7H,6H2,(H,16,17). The third-order valence-electron chi connectivity index (χ3n) is 2.19. The lowest BCUT2D eigenvalue weighted by Gasteiger charge is -2.04. The Balaban J connectivity index is 2.31. The van der Waals surface area contributed by atoms with E-state index in [0.29, 0.717) is 5.56 Å². The van der Waals surface area contributed by atoms with Gasteiger partial charge in [0.15, 0.2) is 0 Å². The van der Waals surface area contributed by atoms with E-state index in [2.05, 4.69) is 9.97 Å². The predicted octanol–water partition coefficient (Wildman–Crippen LogP) is 0.385. The van der Waals surface area contributed by atoms with Crippen molar-refractivity contribution in [2.45, 2.75) is 6.54 Å². The fraction of sp³-hybridized carbons (Fsp3) is 0.0909. The highest BCUT2D eigenvalue weighted by Gasteiger charge is 2.05. The Kier molecular flexibility index (Phi) is 2.95. The second kappa shape index (κ2) is 4.56. The van der Waals surface area contributed by atoms with Crippen LogP contribution < -0.4 is 5.56 Å². The molecule has 0 fully saturated rings. The summed E-state index contributed by atoms with van der Waals surface area (Å²) in [5, 5.41) is 8.79. The molecule has 0 saturated carbocycles. The summed E-state index contributed by atoms with van der Waals surface area (Å²) in [6.45, 7) is 0.273. The maximum atomic E-state index is 11.4. The molecule has 6 heteroatoms. The second-order valence-corrected chi connectivity index (χ2v) is 3.40. The molecule has 0 unspecified atom stereocenters. The molecule has 0 radical (unpaired) electrons. The molecular formula is C11H9N3O3. The normalized spacial score (nSPS) is 10.1. The second-order valence-electron chi connectivity index (χ2n) is 3.40. The van der Waals surface area contributed by atoms with E-state index in [0.717, 1.165) is 0 Å². The fourth-order valence-electron chi connectivity index (χ4n) is 1.38. The van der Waals surface area contributed by atoms with Crippen LogP contribution in [0, 0.1) is 0 Å². The molecule has 0 aliphatic carbocycles. The quantitative estimate of drug-likeness (QED) is 0.825. The van der Waals surface area contributed by atoms with Crippen molar-refractivity contribution < 1.29 is 9.90 Å². The zero-order chi connectivity index (χ0) is 12.3. The zero-order valence-electron chi connectivity index (χ0n) is 8.78. The summed E-state index contributed by atoms with van der Waals surface area (Å²) in [5.41, 5.74) is 0.459. The minimum absolute atomic E-state index is 0.0422. The highest BCUT2D eigenvalue weighted by Crippen LogP contribution is 2.03. The first kappa shape index (κ1) is 11.0. The third-order valence-corrected chi connectivity index (χ3v) is 2.19. The van der Waals surface area contributed by atoms with E-state index in [1.807, 2.05) is 0 Å². The van der Waals surface area contributed by atoms with Gasteiger partial charge in [-0.1, -0.05) is 0 Å². The van der Waals surface area contributed by atoms with Crippen molar-refractivity contribution in [1.29, 1.82) is 0 Å². The van der Waals surface area contributed by atoms with Crippen LogP contribution in [0.5, 0.6) is 0 Å². The van der Waals surface area contributed by atoms with Gasteiger partial charge in [0.25, 0.3) is 5.56 Å². The molecule has 2 heterocycles. The summed E-state index contributed by atoms with van der Waals surface area (Å²) in [6, 6.07) is 4.44. The molecule has 0 saturated heterocycles. The Bertz CT molecular complexity index is 607. The van der Waals surface area contributed by atoms with Crippen molar-refractivity contribution in [1.82, 2.24) is 14.5 Å². The molecule has 0 bridgehead atoms. The zero-order valence-corrected chi connectivity index (χ0v) is 8.78. The van der Waals surface area contributed by atoms with E-state index in [1.165, 1.54) is 35.4 Å². The van der Waals surface area contributed by atoms with E-state index >= 15 is 0 Å². The maximum Gasteiger partial charge on any atom is 0.354 e. The van der Waals surface area contributed by atoms with Crippen molar-refractivity contribution in [3.05, 3.63) is 58.5 Å². The van der Waals surface area contributed by atoms with E-state index in [4.69, 9.17) is 5.11 Å². The van der Waals surface area contributed by atoms with Gasteiger partial charge in [-0.2, -0.15) is 0 Å². The van der Waals surface area contributed by atoms with Crippen LogP contribution in [0.4, 0.5) is 0 Å². The molecule has 0 spiro atoms. The molecule has 2 rings (SSSR count). The first-order chi connectivity index (χ1) is 8.16. The van der Waals surface area contributed by atoms with Gasteiger partial charge in [-0.3, -0.25) is 9.36 Å². The molecule has 2 aromatic heterocycles. The fourth-order valence-corrected chi connectivity index (χ4v) is 1.38. The average Bonchev–Trinajstić information content (AvgIpc) is 2.32. The number of hydrogen-bond donors (Lipinski definition) is 1. The van der Waals surface area contributed by atoms with Crippen LogP contribution in [0.25, 0.3) is 0 Å². The van der Waals surface area contributed by atoms with Crippen molar-refractivity contribution in [3.8, 4) is 0 Å². The summed E-state index contributed by atoms with van der Waals surface area (Å²) in [5.74, 6) is -1.09. The minimum atomic E-state index is -1.09. The summed E-state index contributed by atoms with van der Waals surface area (Å²) in [4.78, 5) is 29.7. The molecule has 17 heavy (non-hydrogen) atoms. The average molecular weight is 231 g/mol. The summed E-state index contributed by atoms with van der Waals surface area (Å²) >= 11 is 0. The number of rotatable bonds is 3. The maximum absolute atomic E-state index is 11.4. The summed E-state index contributed by atoms with van der Waals surface area (Å²) in [7, 11) is 0. The molecule has 0 aromatic carbocycles. The number of aromatic carboxylic acids is 1. The Morgan fingerprint density at radius 1 is 1.35 bits per heavy atom. The van der Waals surface area contributed by atoms with Crippen LogP contribution in [0.1, 0.15) is 16.1 Å². The number of hydrogen-bond acceptors (Lipinski definition) is 4. The number of aromatic nitrogens is 3. The molecule has 0 amide bonds. The third kappa shape index (κ3) is 2.54. The topological polar surface area (TPSA) is 85.1 Å². The van der Waals surface area contributed by atoms with Gasteiger partial charge in [-0.05, 0) is 17.7 Å². The van der Waals surface area contributed by atoms with Gasteiger partial charge >= 0.3 is 5.97 Å². The van der Waals surface area contributed by atoms with E-state index in [9.17, 15) is 9.59 Å². The lowest BCUT2D eigenvalue weighted by molar-refractivity contribution is 0.0690. The van der Waals surface area contributed by atoms with Crippen molar-refractivity contribution in [3.63, 3.8) is 0 Å². The van der Waals surface area contributed by atoms with Crippen LogP contribution in [0.15, 0.2) is 41.7 Å². The van der Waals surface area contributed by atoms with E-state index in [1.54, 1.807) is 6.07 Å². The molecule has 0 aliphatic rings. The first-order valence-corrected chi connectivity index (χ1v) is 4.85. The summed E-state index contributed by atoms with van der Waals surface area (Å²) < 4.78 is 1.39. The van der Waals surface area contributed by atoms with Gasteiger partial charge in [-0.25, -0.2) is 14.8 Å². The molecule has 1 N–H and O–H groups in total. The number of carboxylic acid groups (broad SMARTS) is 1. The van der Waals surface area contributed by atoms with Gasteiger partial charge in [0.05, 0.1) is 12.9 Å². The van der Waals surface area contributed by atoms with Crippen LogP contribution in [0.2, 0.25) is 0 Å². The number of nitrogens with zero attached hydrogens (tertiary/aromatic N) is 3. The van der Waals surface area contributed by atoms with Crippen molar-refractivity contribution in [2.24, 2.45) is 0 Å². The predicted molar refractivity (Wildman–Crippen MR) is 58.8 cm³/mol. The highest BCUT2D eigenvalue weighted by atomic mass is 16.4. The van der Waals surface area contributed by atoms with Crippen molar-refractivity contribution in [2.75, 3.05) is 0 Å². The molecule has 2 aromatic rings. The van der Waals surface area contributed by atoms with E-state index < -0.39 is 5.97 Å². The first-order valence-electron chi connectivity index (χ1n) is 4.85. The molecular weight excluding hydrogens is 222 g/mol. The Hall–Kier alpha value is -2.50. The van der Waals surface area contributed by atoms with Gasteiger partial charge < -0.3 is 5.11 Å². The Morgan fingerprint density at radius 3 is 2.88 bits per heavy atom. The van der Waals surface area contributed by atoms with Crippen LogP contribution in [-0.4, -0.2) is 25.6 Å². The molecule has 86 valence electrons. The highest BCUT2D eigenvalue weighted by molar-refractivity contribution is 5.85. The minimum Gasteiger partial charge on any atom is -0.477 e. The van der Waals surface area contributed by atoms with Gasteiger partial charge in [0.2, 0.25) is 0 Å². The van der Waals surface area contributed by atoms with Crippen LogP contribution >= 0.6 is 0 Å². The van der Waals surface area contributed by atoms with Gasteiger partial charge in [0, 0.05) is 18.5 Å². The Labute approximate surface area is 96.2 Å². The number of pyridine rings is 1. The number of carbonyl (C=O) groups is 1. The SMILES string of the molecule is O=C(O)c1cc(Cn2cnccc2=O)ccn1. The Morgan fingerprint density at radius 2 is 2.18 bits per heavy atom. The molecule has 0 atom stereocenters. The lowest BCUT2D eigenvalue weighted by atomic mass is 10.2. The van der Waals surface area contributed by atoms with Gasteiger partial charge in [0.1, 0.15) is 5.69 Å². The molecule has 0 aliphatic heterocycles. The van der Waals surface area contributed by atoms with Crippen LogP contribution in [0.3, 0.4) is 0 Å². The number of carboxylic acids is 1. The smallest absolute Gasteiger partial charge is 0.354 e.